The lowest BCUT2D eigenvalue weighted by Crippen LogP contribution is -2.59. The van der Waals surface area contributed by atoms with Gasteiger partial charge in [-0.1, -0.05) is 6.92 Å². The molecule has 5 heterocycles. The van der Waals surface area contributed by atoms with Crippen molar-refractivity contribution in [1.82, 2.24) is 25.2 Å². The molecule has 5 rings (SSSR count). The van der Waals surface area contributed by atoms with Gasteiger partial charge in [-0.3, -0.25) is 24.3 Å². The number of anilines is 2. The van der Waals surface area contributed by atoms with E-state index in [0.29, 0.717) is 31.9 Å². The minimum Gasteiger partial charge on any atom is -0.354 e. The molecule has 1 fully saturated rings. The highest BCUT2D eigenvalue weighted by atomic mass is 16.2. The van der Waals surface area contributed by atoms with Crippen molar-refractivity contribution in [3.63, 3.8) is 0 Å². The van der Waals surface area contributed by atoms with Crippen LogP contribution in [0.2, 0.25) is 0 Å². The molecule has 3 aromatic heterocycles. The van der Waals surface area contributed by atoms with E-state index in [1.54, 1.807) is 13.1 Å². The smallest absolute Gasteiger partial charge is 0.269 e. The molecule has 2 amide bonds. The van der Waals surface area contributed by atoms with Gasteiger partial charge in [-0.2, -0.15) is 0 Å². The van der Waals surface area contributed by atoms with Crippen molar-refractivity contribution in [2.24, 2.45) is 0 Å². The maximum absolute atomic E-state index is 12.8. The third kappa shape index (κ3) is 3.82. The molecule has 3 aromatic rings. The Morgan fingerprint density at radius 2 is 2.09 bits per heavy atom. The van der Waals surface area contributed by atoms with Crippen molar-refractivity contribution in [3.05, 3.63) is 57.6 Å². The summed E-state index contributed by atoms with van der Waals surface area (Å²) in [5, 5.41) is 5.40. The first-order chi connectivity index (χ1) is 16.0. The maximum Gasteiger partial charge on any atom is 0.269 e. The van der Waals surface area contributed by atoms with Crippen molar-refractivity contribution >= 4 is 34.4 Å². The summed E-state index contributed by atoms with van der Waals surface area (Å²) in [5.74, 6) is -0.0167. The number of amides is 2. The average molecular weight is 447 g/mol. The van der Waals surface area contributed by atoms with Gasteiger partial charge in [0.1, 0.15) is 11.7 Å². The highest BCUT2D eigenvalue weighted by Crippen LogP contribution is 2.32. The molecule has 0 aliphatic carbocycles. The molecule has 33 heavy (non-hydrogen) atoms. The first kappa shape index (κ1) is 21.1. The molecular formula is C23H25N7O3. The highest BCUT2D eigenvalue weighted by Gasteiger charge is 2.38. The molecule has 170 valence electrons. The number of pyridine rings is 3. The molecule has 0 aromatic carbocycles. The summed E-state index contributed by atoms with van der Waals surface area (Å²) in [6, 6.07) is 6.95. The Bertz CT molecular complexity index is 1320. The van der Waals surface area contributed by atoms with Crippen molar-refractivity contribution < 1.29 is 9.59 Å². The van der Waals surface area contributed by atoms with Crippen LogP contribution in [0, 0.1) is 0 Å². The number of aromatic nitrogens is 3. The molecule has 0 radical (unpaired) electrons. The van der Waals surface area contributed by atoms with Gasteiger partial charge in [-0.15, -0.1) is 0 Å². The monoisotopic (exact) mass is 447 g/mol. The number of piperazine rings is 1. The molecule has 10 heteroatoms. The number of carbonyl (C=O) groups excluding carboxylic acids is 2. The van der Waals surface area contributed by atoms with Crippen LogP contribution in [0.1, 0.15) is 28.5 Å². The molecular weight excluding hydrogens is 422 g/mol. The van der Waals surface area contributed by atoms with E-state index in [-0.39, 0.29) is 29.1 Å². The van der Waals surface area contributed by atoms with E-state index in [0.717, 1.165) is 34.4 Å². The summed E-state index contributed by atoms with van der Waals surface area (Å²) in [7, 11) is 1.54. The molecule has 1 saturated heterocycles. The van der Waals surface area contributed by atoms with Crippen LogP contribution in [-0.4, -0.2) is 64.4 Å². The first-order valence-corrected chi connectivity index (χ1v) is 11.0. The van der Waals surface area contributed by atoms with Crippen molar-refractivity contribution in [1.29, 1.82) is 0 Å². The zero-order valence-electron chi connectivity index (χ0n) is 18.5. The Hall–Kier alpha value is -3.79. The van der Waals surface area contributed by atoms with Crippen LogP contribution in [0.15, 0.2) is 35.3 Å². The lowest BCUT2D eigenvalue weighted by molar-refractivity contribution is -0.118. The topological polar surface area (TPSA) is 123 Å². The van der Waals surface area contributed by atoms with Crippen molar-refractivity contribution in [2.45, 2.75) is 25.9 Å². The fraction of sp³-hybridized carbons (Fsp3) is 0.348. The zero-order chi connectivity index (χ0) is 23.1. The Morgan fingerprint density at radius 1 is 1.24 bits per heavy atom. The molecule has 0 spiro atoms. The summed E-state index contributed by atoms with van der Waals surface area (Å²) in [4.78, 5) is 52.9. The van der Waals surface area contributed by atoms with E-state index in [9.17, 15) is 14.4 Å². The number of nitrogens with zero attached hydrogens (tertiary/aromatic N) is 4. The summed E-state index contributed by atoms with van der Waals surface area (Å²) < 4.78 is 0. The second kappa shape index (κ2) is 8.28. The van der Waals surface area contributed by atoms with Gasteiger partial charge in [-0.05, 0) is 36.2 Å². The molecule has 0 unspecified atom stereocenters. The standard InChI is InChI=1S/C23H25N7O3/c1-3-14-9-16-17(27-21(14)31)8-13(10-25-16)11-29-6-7-30-18-5-4-15(22(32)24-2)26-20(18)28-23(33)19(30)12-29/h4-5,8-10,19H,3,6-7,11-12H2,1-2H3,(H,24,32)(H,27,31)(H,26,28,33)/t19-/m1/s1. The largest absolute Gasteiger partial charge is 0.354 e. The minimum absolute atomic E-state index is 0.0803. The number of nitrogens with one attached hydrogen (secondary N) is 3. The van der Waals surface area contributed by atoms with Gasteiger partial charge in [0.2, 0.25) is 5.91 Å². The second-order valence-electron chi connectivity index (χ2n) is 8.33. The van der Waals surface area contributed by atoms with Gasteiger partial charge in [-0.25, -0.2) is 4.98 Å². The third-order valence-corrected chi connectivity index (χ3v) is 6.26. The lowest BCUT2D eigenvalue weighted by Gasteiger charge is -2.44. The van der Waals surface area contributed by atoms with Crippen molar-refractivity contribution in [3.8, 4) is 0 Å². The van der Waals surface area contributed by atoms with Crippen molar-refractivity contribution in [2.75, 3.05) is 36.9 Å². The van der Waals surface area contributed by atoms with Gasteiger partial charge in [0, 0.05) is 45.0 Å². The SMILES string of the molecule is CCc1cc2ncc(CN3CCN4c5ccc(C(=O)NC)nc5NC(=O)[C@H]4C3)cc2[nH]c1=O. The zero-order valence-corrected chi connectivity index (χ0v) is 18.5. The molecule has 3 N–H and O–H groups in total. The molecule has 0 saturated carbocycles. The average Bonchev–Trinajstić information content (AvgIpc) is 2.83. The van der Waals surface area contributed by atoms with E-state index in [1.807, 2.05) is 36.2 Å². The van der Waals surface area contributed by atoms with Gasteiger partial charge in [0.05, 0.1) is 16.7 Å². The molecule has 2 aliphatic rings. The normalized spacial score (nSPS) is 17.9. The Morgan fingerprint density at radius 3 is 2.88 bits per heavy atom. The fourth-order valence-electron chi connectivity index (χ4n) is 4.50. The van der Waals surface area contributed by atoms with Crippen LogP contribution in [0.5, 0.6) is 0 Å². The number of H-pyrrole nitrogens is 1. The van der Waals surface area contributed by atoms with Crippen LogP contribution < -0.4 is 21.1 Å². The highest BCUT2D eigenvalue weighted by molar-refractivity contribution is 6.04. The van der Waals surface area contributed by atoms with Gasteiger partial charge in [0.15, 0.2) is 5.82 Å². The van der Waals surface area contributed by atoms with E-state index in [1.165, 1.54) is 0 Å². The molecule has 1 atom stereocenters. The molecule has 2 aliphatic heterocycles. The number of aromatic amines is 1. The molecule has 10 nitrogen and oxygen atoms in total. The van der Waals surface area contributed by atoms with E-state index in [2.05, 4.69) is 30.5 Å². The summed E-state index contributed by atoms with van der Waals surface area (Å²) >= 11 is 0. The first-order valence-electron chi connectivity index (χ1n) is 11.0. The quantitative estimate of drug-likeness (QED) is 0.543. The lowest BCUT2D eigenvalue weighted by atomic mass is 10.1. The van der Waals surface area contributed by atoms with E-state index in [4.69, 9.17) is 0 Å². The van der Waals surface area contributed by atoms with Crippen LogP contribution in [0.25, 0.3) is 11.0 Å². The maximum atomic E-state index is 12.8. The number of aryl methyl sites for hydroxylation is 1. The van der Waals surface area contributed by atoms with Gasteiger partial charge >= 0.3 is 0 Å². The number of fused-ring (bicyclic) bond motifs is 4. The Balaban J connectivity index is 1.34. The van der Waals surface area contributed by atoms with Crippen LogP contribution >= 0.6 is 0 Å². The minimum atomic E-state index is -0.348. The fourth-order valence-corrected chi connectivity index (χ4v) is 4.50. The van der Waals surface area contributed by atoms with Crippen LogP contribution in [-0.2, 0) is 17.8 Å². The Labute approximate surface area is 190 Å². The predicted octanol–water partition coefficient (Wildman–Crippen LogP) is 0.883. The van der Waals surface area contributed by atoms with Crippen LogP contribution in [0.3, 0.4) is 0 Å². The van der Waals surface area contributed by atoms with Gasteiger partial charge in [0.25, 0.3) is 11.5 Å². The third-order valence-electron chi connectivity index (χ3n) is 6.26. The Kier molecular flexibility index (Phi) is 5.29. The van der Waals surface area contributed by atoms with Crippen LogP contribution in [0.4, 0.5) is 11.5 Å². The number of hydrogen-bond acceptors (Lipinski definition) is 7. The second-order valence-corrected chi connectivity index (χ2v) is 8.33. The molecule has 0 bridgehead atoms. The number of rotatable bonds is 4. The number of hydrogen-bond donors (Lipinski definition) is 3. The van der Waals surface area contributed by atoms with Gasteiger partial charge < -0.3 is 20.5 Å². The van der Waals surface area contributed by atoms with E-state index < -0.39 is 0 Å². The number of carbonyl (C=O) groups is 2. The summed E-state index contributed by atoms with van der Waals surface area (Å²) in [6.45, 7) is 4.53. The summed E-state index contributed by atoms with van der Waals surface area (Å²) in [6.07, 6.45) is 2.49. The predicted molar refractivity (Wildman–Crippen MR) is 124 cm³/mol. The van der Waals surface area contributed by atoms with E-state index >= 15 is 0 Å². The summed E-state index contributed by atoms with van der Waals surface area (Å²) in [5.41, 5.74) is 4.19.